The molecule has 1 aromatic rings. The lowest BCUT2D eigenvalue weighted by atomic mass is 10.1. The van der Waals surface area contributed by atoms with Gasteiger partial charge in [0, 0.05) is 12.2 Å². The van der Waals surface area contributed by atoms with E-state index in [-0.39, 0.29) is 0 Å². The summed E-state index contributed by atoms with van der Waals surface area (Å²) in [4.78, 5) is 0. The molecule has 0 radical (unpaired) electrons. The Bertz CT molecular complexity index is 279. The summed E-state index contributed by atoms with van der Waals surface area (Å²) in [6, 6.07) is 4.47. The molecule has 78 valence electrons. The standard InChI is InChI=1S/C13H21N/c1-5-6-7-14-13-11(3)8-10(2)9-12(13)4/h8-9,14H,5-7H2,1-4H3. The van der Waals surface area contributed by atoms with E-state index in [9.17, 15) is 0 Å². The highest BCUT2D eigenvalue weighted by Gasteiger charge is 2.01. The molecule has 1 nitrogen and oxygen atoms in total. The highest BCUT2D eigenvalue weighted by molar-refractivity contribution is 5.58. The topological polar surface area (TPSA) is 12.0 Å². The minimum absolute atomic E-state index is 1.08. The zero-order valence-corrected chi connectivity index (χ0v) is 9.78. The molecular weight excluding hydrogens is 170 g/mol. The number of anilines is 1. The van der Waals surface area contributed by atoms with E-state index in [4.69, 9.17) is 0 Å². The van der Waals surface area contributed by atoms with Crippen LogP contribution in [0.5, 0.6) is 0 Å². The maximum Gasteiger partial charge on any atom is 0.0399 e. The lowest BCUT2D eigenvalue weighted by Gasteiger charge is -2.13. The van der Waals surface area contributed by atoms with Crippen molar-refractivity contribution >= 4 is 5.69 Å². The molecule has 0 heterocycles. The van der Waals surface area contributed by atoms with E-state index < -0.39 is 0 Å². The minimum atomic E-state index is 1.08. The Kier molecular flexibility index (Phi) is 3.99. The molecule has 0 spiro atoms. The zero-order valence-electron chi connectivity index (χ0n) is 9.78. The van der Waals surface area contributed by atoms with Gasteiger partial charge in [0.05, 0.1) is 0 Å². The third-order valence-corrected chi connectivity index (χ3v) is 2.51. The third-order valence-electron chi connectivity index (χ3n) is 2.51. The molecule has 14 heavy (non-hydrogen) atoms. The highest BCUT2D eigenvalue weighted by atomic mass is 14.9. The predicted octanol–water partition coefficient (Wildman–Crippen LogP) is 3.82. The van der Waals surface area contributed by atoms with Gasteiger partial charge >= 0.3 is 0 Å². The van der Waals surface area contributed by atoms with Crippen molar-refractivity contribution in [1.29, 1.82) is 0 Å². The summed E-state index contributed by atoms with van der Waals surface area (Å²) in [7, 11) is 0. The molecule has 0 aliphatic heterocycles. The van der Waals surface area contributed by atoms with Crippen LogP contribution in [0.1, 0.15) is 36.5 Å². The summed E-state index contributed by atoms with van der Waals surface area (Å²) in [5, 5.41) is 3.51. The monoisotopic (exact) mass is 191 g/mol. The van der Waals surface area contributed by atoms with E-state index in [1.807, 2.05) is 0 Å². The van der Waals surface area contributed by atoms with Crippen LogP contribution in [-0.4, -0.2) is 6.54 Å². The molecule has 1 N–H and O–H groups in total. The van der Waals surface area contributed by atoms with E-state index in [1.54, 1.807) is 0 Å². The van der Waals surface area contributed by atoms with Crippen LogP contribution in [0, 0.1) is 20.8 Å². The Morgan fingerprint density at radius 1 is 1.07 bits per heavy atom. The van der Waals surface area contributed by atoms with E-state index in [0.717, 1.165) is 6.54 Å². The average molecular weight is 191 g/mol. The normalized spacial score (nSPS) is 10.3. The molecule has 1 aromatic carbocycles. The van der Waals surface area contributed by atoms with Gasteiger partial charge in [-0.25, -0.2) is 0 Å². The molecule has 0 unspecified atom stereocenters. The van der Waals surface area contributed by atoms with Crippen molar-refractivity contribution in [2.75, 3.05) is 11.9 Å². The Labute approximate surface area is 87.5 Å². The Morgan fingerprint density at radius 3 is 2.14 bits per heavy atom. The Balaban J connectivity index is 2.75. The van der Waals surface area contributed by atoms with Gasteiger partial charge in [-0.2, -0.15) is 0 Å². The fourth-order valence-corrected chi connectivity index (χ4v) is 1.85. The van der Waals surface area contributed by atoms with Gasteiger partial charge in [-0.1, -0.05) is 31.0 Å². The molecule has 0 saturated heterocycles. The smallest absolute Gasteiger partial charge is 0.0399 e. The van der Waals surface area contributed by atoms with Crippen LogP contribution in [0.2, 0.25) is 0 Å². The van der Waals surface area contributed by atoms with Crippen LogP contribution in [-0.2, 0) is 0 Å². The van der Waals surface area contributed by atoms with Crippen LogP contribution in [0.15, 0.2) is 12.1 Å². The first-order valence-corrected chi connectivity index (χ1v) is 5.47. The Hall–Kier alpha value is -0.980. The van der Waals surface area contributed by atoms with Crippen LogP contribution in [0.25, 0.3) is 0 Å². The summed E-state index contributed by atoms with van der Waals surface area (Å²) in [5.74, 6) is 0. The summed E-state index contributed by atoms with van der Waals surface area (Å²) in [6.45, 7) is 9.80. The number of unbranched alkanes of at least 4 members (excludes halogenated alkanes) is 1. The second-order valence-corrected chi connectivity index (χ2v) is 4.05. The van der Waals surface area contributed by atoms with Crippen molar-refractivity contribution in [3.05, 3.63) is 28.8 Å². The van der Waals surface area contributed by atoms with Crippen LogP contribution in [0.4, 0.5) is 5.69 Å². The molecule has 0 aromatic heterocycles. The van der Waals surface area contributed by atoms with Crippen molar-refractivity contribution in [3.63, 3.8) is 0 Å². The third kappa shape index (κ3) is 2.76. The Morgan fingerprint density at radius 2 is 1.64 bits per heavy atom. The van der Waals surface area contributed by atoms with Gasteiger partial charge in [-0.05, 0) is 38.3 Å². The summed E-state index contributed by atoms with van der Waals surface area (Å²) in [6.07, 6.45) is 2.49. The second kappa shape index (κ2) is 5.04. The lowest BCUT2D eigenvalue weighted by molar-refractivity contribution is 0.833. The quantitative estimate of drug-likeness (QED) is 0.713. The molecule has 0 aliphatic rings. The number of rotatable bonds is 4. The summed E-state index contributed by atoms with van der Waals surface area (Å²) in [5.41, 5.74) is 5.39. The zero-order chi connectivity index (χ0) is 10.6. The van der Waals surface area contributed by atoms with E-state index in [2.05, 4.69) is 45.1 Å². The van der Waals surface area contributed by atoms with Crippen molar-refractivity contribution in [2.24, 2.45) is 0 Å². The van der Waals surface area contributed by atoms with Crippen LogP contribution in [0.3, 0.4) is 0 Å². The van der Waals surface area contributed by atoms with Gasteiger partial charge < -0.3 is 5.32 Å². The highest BCUT2D eigenvalue weighted by Crippen LogP contribution is 2.21. The molecule has 0 saturated carbocycles. The fraction of sp³-hybridized carbons (Fsp3) is 0.538. The van der Waals surface area contributed by atoms with Crippen molar-refractivity contribution < 1.29 is 0 Å². The first kappa shape index (κ1) is 11.1. The van der Waals surface area contributed by atoms with Gasteiger partial charge in [0.1, 0.15) is 0 Å². The number of nitrogens with one attached hydrogen (secondary N) is 1. The number of hydrogen-bond acceptors (Lipinski definition) is 1. The largest absolute Gasteiger partial charge is 0.385 e. The lowest BCUT2D eigenvalue weighted by Crippen LogP contribution is -2.04. The predicted molar refractivity (Wildman–Crippen MR) is 64.1 cm³/mol. The van der Waals surface area contributed by atoms with E-state index in [0.29, 0.717) is 0 Å². The molecule has 0 atom stereocenters. The second-order valence-electron chi connectivity index (χ2n) is 4.05. The van der Waals surface area contributed by atoms with Gasteiger partial charge in [0.15, 0.2) is 0 Å². The molecule has 1 heteroatoms. The molecule has 0 aliphatic carbocycles. The molecular formula is C13H21N. The van der Waals surface area contributed by atoms with Crippen LogP contribution >= 0.6 is 0 Å². The van der Waals surface area contributed by atoms with Gasteiger partial charge in [0.2, 0.25) is 0 Å². The maximum atomic E-state index is 3.51. The van der Waals surface area contributed by atoms with Crippen molar-refractivity contribution in [3.8, 4) is 0 Å². The van der Waals surface area contributed by atoms with Crippen LogP contribution < -0.4 is 5.32 Å². The SMILES string of the molecule is CCCCNc1c(C)cc(C)cc1C. The first-order valence-electron chi connectivity index (χ1n) is 5.47. The molecule has 0 fully saturated rings. The number of benzene rings is 1. The number of aryl methyl sites for hydroxylation is 3. The summed E-state index contributed by atoms with van der Waals surface area (Å²) < 4.78 is 0. The molecule has 1 rings (SSSR count). The van der Waals surface area contributed by atoms with Gasteiger partial charge in [-0.15, -0.1) is 0 Å². The fourth-order valence-electron chi connectivity index (χ4n) is 1.85. The maximum absolute atomic E-state index is 3.51. The first-order chi connectivity index (χ1) is 6.65. The molecule has 0 amide bonds. The van der Waals surface area contributed by atoms with Crippen molar-refractivity contribution in [2.45, 2.75) is 40.5 Å². The molecule has 0 bridgehead atoms. The number of hydrogen-bond donors (Lipinski definition) is 1. The van der Waals surface area contributed by atoms with E-state index >= 15 is 0 Å². The van der Waals surface area contributed by atoms with E-state index in [1.165, 1.54) is 35.2 Å². The van der Waals surface area contributed by atoms with Crippen molar-refractivity contribution in [1.82, 2.24) is 0 Å². The van der Waals surface area contributed by atoms with Gasteiger partial charge in [0.25, 0.3) is 0 Å². The van der Waals surface area contributed by atoms with Gasteiger partial charge in [-0.3, -0.25) is 0 Å². The summed E-state index contributed by atoms with van der Waals surface area (Å²) >= 11 is 0. The average Bonchev–Trinajstić information content (AvgIpc) is 2.09. The minimum Gasteiger partial charge on any atom is -0.385 e.